The molecule has 2 N–H and O–H groups in total. The van der Waals surface area contributed by atoms with Crippen molar-refractivity contribution in [2.24, 2.45) is 5.41 Å². The molecular formula is C15H20N2O3. The molecule has 0 radical (unpaired) electrons. The average Bonchev–Trinajstić information content (AvgIpc) is 2.47. The Morgan fingerprint density at radius 1 is 1.20 bits per heavy atom. The molecule has 1 aromatic rings. The standard InChI is InChI=1S/C15H20N2O3/c18-13(10-12-4-8-16-9-5-12)17-11-15(14(19)20)6-2-1-3-7-15/h4-5,8-9H,1-3,6-7,10-11H2,(H,17,18)(H,19,20). The summed E-state index contributed by atoms with van der Waals surface area (Å²) in [6, 6.07) is 3.57. The number of nitrogens with one attached hydrogen (secondary N) is 1. The van der Waals surface area contributed by atoms with Gasteiger partial charge in [0.25, 0.3) is 0 Å². The summed E-state index contributed by atoms with van der Waals surface area (Å²) in [5.74, 6) is -0.927. The zero-order valence-electron chi connectivity index (χ0n) is 11.5. The number of carbonyl (C=O) groups is 2. The minimum Gasteiger partial charge on any atom is -0.481 e. The van der Waals surface area contributed by atoms with E-state index in [1.807, 2.05) is 0 Å². The number of aromatic nitrogens is 1. The van der Waals surface area contributed by atoms with E-state index >= 15 is 0 Å². The molecule has 1 heterocycles. The van der Waals surface area contributed by atoms with Crippen LogP contribution < -0.4 is 5.32 Å². The highest BCUT2D eigenvalue weighted by atomic mass is 16.4. The largest absolute Gasteiger partial charge is 0.481 e. The maximum Gasteiger partial charge on any atom is 0.311 e. The Morgan fingerprint density at radius 3 is 2.45 bits per heavy atom. The topological polar surface area (TPSA) is 79.3 Å². The van der Waals surface area contributed by atoms with Crippen LogP contribution in [0.15, 0.2) is 24.5 Å². The van der Waals surface area contributed by atoms with Crippen LogP contribution in [0.1, 0.15) is 37.7 Å². The van der Waals surface area contributed by atoms with Crippen LogP contribution in [0.3, 0.4) is 0 Å². The number of rotatable bonds is 5. The summed E-state index contributed by atoms with van der Waals surface area (Å²) in [6.45, 7) is 0.228. The number of carboxylic acids is 1. The van der Waals surface area contributed by atoms with Gasteiger partial charge in [-0.2, -0.15) is 0 Å². The average molecular weight is 276 g/mol. The first kappa shape index (κ1) is 14.5. The molecule has 0 aromatic carbocycles. The van der Waals surface area contributed by atoms with Crippen LogP contribution in [0, 0.1) is 5.41 Å². The molecular weight excluding hydrogens is 256 g/mol. The van der Waals surface area contributed by atoms with Gasteiger partial charge in [0.2, 0.25) is 5.91 Å². The molecule has 20 heavy (non-hydrogen) atoms. The summed E-state index contributed by atoms with van der Waals surface area (Å²) >= 11 is 0. The lowest BCUT2D eigenvalue weighted by Crippen LogP contribution is -2.44. The molecule has 1 aromatic heterocycles. The lowest BCUT2D eigenvalue weighted by molar-refractivity contribution is -0.151. The van der Waals surface area contributed by atoms with Crippen molar-refractivity contribution in [2.45, 2.75) is 38.5 Å². The predicted octanol–water partition coefficient (Wildman–Crippen LogP) is 1.78. The van der Waals surface area contributed by atoms with E-state index in [9.17, 15) is 14.7 Å². The molecule has 0 bridgehead atoms. The lowest BCUT2D eigenvalue weighted by Gasteiger charge is -2.33. The van der Waals surface area contributed by atoms with E-state index in [0.29, 0.717) is 12.8 Å². The van der Waals surface area contributed by atoms with Gasteiger partial charge in [-0.05, 0) is 30.5 Å². The fourth-order valence-corrected chi connectivity index (χ4v) is 2.71. The van der Waals surface area contributed by atoms with Gasteiger partial charge in [0, 0.05) is 18.9 Å². The van der Waals surface area contributed by atoms with Crippen molar-refractivity contribution < 1.29 is 14.7 Å². The number of aliphatic carboxylic acids is 1. The molecule has 2 rings (SSSR count). The molecule has 0 atom stereocenters. The molecule has 1 aliphatic rings. The van der Waals surface area contributed by atoms with Gasteiger partial charge in [0.05, 0.1) is 11.8 Å². The van der Waals surface area contributed by atoms with Crippen LogP contribution in [0.2, 0.25) is 0 Å². The summed E-state index contributed by atoms with van der Waals surface area (Å²) in [4.78, 5) is 27.3. The normalized spacial score (nSPS) is 17.4. The zero-order chi connectivity index (χ0) is 14.4. The van der Waals surface area contributed by atoms with Gasteiger partial charge < -0.3 is 10.4 Å². The van der Waals surface area contributed by atoms with Crippen LogP contribution in [0.5, 0.6) is 0 Å². The maximum absolute atomic E-state index is 11.9. The molecule has 1 amide bonds. The van der Waals surface area contributed by atoms with Crippen molar-refractivity contribution in [3.63, 3.8) is 0 Å². The van der Waals surface area contributed by atoms with Gasteiger partial charge in [0.1, 0.15) is 0 Å². The first-order chi connectivity index (χ1) is 9.62. The van der Waals surface area contributed by atoms with E-state index < -0.39 is 11.4 Å². The summed E-state index contributed by atoms with van der Waals surface area (Å²) in [5, 5.41) is 12.2. The van der Waals surface area contributed by atoms with Crippen molar-refractivity contribution >= 4 is 11.9 Å². The van der Waals surface area contributed by atoms with Crippen LogP contribution in [-0.2, 0) is 16.0 Å². The zero-order valence-corrected chi connectivity index (χ0v) is 11.5. The Morgan fingerprint density at radius 2 is 1.85 bits per heavy atom. The SMILES string of the molecule is O=C(Cc1ccncc1)NCC1(C(=O)O)CCCCC1. The Hall–Kier alpha value is -1.91. The summed E-state index contributed by atoms with van der Waals surface area (Å²) in [5.41, 5.74) is 0.108. The fraction of sp³-hybridized carbons (Fsp3) is 0.533. The van der Waals surface area contributed by atoms with Crippen molar-refractivity contribution in [2.75, 3.05) is 6.54 Å². The third kappa shape index (κ3) is 3.56. The first-order valence-electron chi connectivity index (χ1n) is 7.01. The van der Waals surface area contributed by atoms with Gasteiger partial charge in [0.15, 0.2) is 0 Å². The molecule has 1 saturated carbocycles. The predicted molar refractivity (Wildman–Crippen MR) is 74.1 cm³/mol. The number of carbonyl (C=O) groups excluding carboxylic acids is 1. The highest BCUT2D eigenvalue weighted by Crippen LogP contribution is 2.35. The highest BCUT2D eigenvalue weighted by Gasteiger charge is 2.39. The number of hydrogen-bond donors (Lipinski definition) is 2. The number of hydrogen-bond acceptors (Lipinski definition) is 3. The van der Waals surface area contributed by atoms with Gasteiger partial charge in [-0.3, -0.25) is 14.6 Å². The number of amides is 1. The quantitative estimate of drug-likeness (QED) is 0.859. The van der Waals surface area contributed by atoms with Crippen LogP contribution in [0.4, 0.5) is 0 Å². The van der Waals surface area contributed by atoms with E-state index in [4.69, 9.17) is 0 Å². The third-order valence-corrected chi connectivity index (χ3v) is 4.00. The van der Waals surface area contributed by atoms with Crippen molar-refractivity contribution in [1.29, 1.82) is 0 Å². The number of nitrogens with zero attached hydrogens (tertiary/aromatic N) is 1. The van der Waals surface area contributed by atoms with Gasteiger partial charge in [-0.25, -0.2) is 0 Å². The molecule has 1 aliphatic carbocycles. The molecule has 5 nitrogen and oxygen atoms in total. The van der Waals surface area contributed by atoms with E-state index in [1.165, 1.54) is 0 Å². The second-order valence-electron chi connectivity index (χ2n) is 5.46. The maximum atomic E-state index is 11.9. The smallest absolute Gasteiger partial charge is 0.311 e. The summed E-state index contributed by atoms with van der Waals surface area (Å²) in [7, 11) is 0. The van der Waals surface area contributed by atoms with E-state index in [2.05, 4.69) is 10.3 Å². The van der Waals surface area contributed by atoms with E-state index in [-0.39, 0.29) is 18.9 Å². The minimum atomic E-state index is -0.790. The second kappa shape index (κ2) is 6.50. The highest BCUT2D eigenvalue weighted by molar-refractivity contribution is 5.80. The fourth-order valence-electron chi connectivity index (χ4n) is 2.71. The van der Waals surface area contributed by atoms with Gasteiger partial charge >= 0.3 is 5.97 Å². The lowest BCUT2D eigenvalue weighted by atomic mass is 9.74. The number of carboxylic acid groups (broad SMARTS) is 1. The van der Waals surface area contributed by atoms with Gasteiger partial charge in [-0.15, -0.1) is 0 Å². The van der Waals surface area contributed by atoms with Crippen LogP contribution in [0.25, 0.3) is 0 Å². The molecule has 1 fully saturated rings. The molecule has 0 saturated heterocycles. The molecule has 108 valence electrons. The molecule has 0 aliphatic heterocycles. The Bertz CT molecular complexity index is 467. The van der Waals surface area contributed by atoms with Crippen LogP contribution in [-0.4, -0.2) is 28.5 Å². The Labute approximate surface area is 118 Å². The monoisotopic (exact) mass is 276 g/mol. The van der Waals surface area contributed by atoms with Crippen molar-refractivity contribution in [1.82, 2.24) is 10.3 Å². The summed E-state index contributed by atoms with van der Waals surface area (Å²) < 4.78 is 0. The first-order valence-corrected chi connectivity index (χ1v) is 7.01. The summed E-state index contributed by atoms with van der Waals surface area (Å²) in [6.07, 6.45) is 7.78. The van der Waals surface area contributed by atoms with Crippen molar-refractivity contribution in [3.8, 4) is 0 Å². The Balaban J connectivity index is 1.89. The number of pyridine rings is 1. The molecule has 5 heteroatoms. The van der Waals surface area contributed by atoms with Gasteiger partial charge in [-0.1, -0.05) is 19.3 Å². The van der Waals surface area contributed by atoms with E-state index in [0.717, 1.165) is 24.8 Å². The second-order valence-corrected chi connectivity index (χ2v) is 5.46. The minimum absolute atomic E-state index is 0.137. The van der Waals surface area contributed by atoms with E-state index in [1.54, 1.807) is 24.5 Å². The third-order valence-electron chi connectivity index (χ3n) is 4.00. The van der Waals surface area contributed by atoms with Crippen LogP contribution >= 0.6 is 0 Å². The molecule has 0 spiro atoms. The molecule has 0 unspecified atom stereocenters. The Kier molecular flexibility index (Phi) is 4.71. The van der Waals surface area contributed by atoms with Crippen molar-refractivity contribution in [3.05, 3.63) is 30.1 Å².